The van der Waals surface area contributed by atoms with Gasteiger partial charge < -0.3 is 24.5 Å². The maximum absolute atomic E-state index is 13.5. The molecule has 1 saturated heterocycles. The van der Waals surface area contributed by atoms with E-state index in [2.05, 4.69) is 9.97 Å². The van der Waals surface area contributed by atoms with Gasteiger partial charge in [0.1, 0.15) is 17.3 Å². The lowest BCUT2D eigenvalue weighted by atomic mass is 9.95. The number of aliphatic hydroxyl groups excluding tert-OH is 1. The van der Waals surface area contributed by atoms with Gasteiger partial charge in [-0.3, -0.25) is 14.5 Å². The van der Waals surface area contributed by atoms with Gasteiger partial charge in [0.15, 0.2) is 0 Å². The zero-order valence-electron chi connectivity index (χ0n) is 21.2. The number of methoxy groups -OCH3 is 2. The van der Waals surface area contributed by atoms with Crippen molar-refractivity contribution >= 4 is 51.7 Å². The van der Waals surface area contributed by atoms with Gasteiger partial charge in [-0.2, -0.15) is 0 Å². The number of anilines is 2. The summed E-state index contributed by atoms with van der Waals surface area (Å²) in [5.74, 6) is -1.02. The van der Waals surface area contributed by atoms with E-state index < -0.39 is 23.5 Å². The first-order valence-electron chi connectivity index (χ1n) is 11.7. The molecule has 2 heterocycles. The first-order chi connectivity index (χ1) is 18.2. The van der Waals surface area contributed by atoms with E-state index in [1.165, 1.54) is 18.1 Å². The van der Waals surface area contributed by atoms with Crippen molar-refractivity contribution in [2.45, 2.75) is 6.04 Å². The molecule has 1 fully saturated rings. The molecule has 38 heavy (non-hydrogen) atoms. The highest BCUT2D eigenvalue weighted by Gasteiger charge is 2.48. The van der Waals surface area contributed by atoms with Gasteiger partial charge in [-0.25, -0.2) is 4.98 Å². The topological polar surface area (TPSA) is 108 Å². The summed E-state index contributed by atoms with van der Waals surface area (Å²) in [5, 5.41) is 11.8. The Balaban J connectivity index is 1.74. The number of benzene rings is 3. The lowest BCUT2D eigenvalue weighted by Crippen LogP contribution is -2.30. The van der Waals surface area contributed by atoms with Crippen molar-refractivity contribution in [3.8, 4) is 11.5 Å². The predicted octanol–water partition coefficient (Wildman–Crippen LogP) is 4.93. The molecule has 10 heteroatoms. The van der Waals surface area contributed by atoms with E-state index in [-0.39, 0.29) is 17.1 Å². The Bertz CT molecular complexity index is 1590. The number of H-pyrrole nitrogens is 1. The largest absolute Gasteiger partial charge is 0.507 e. The third-order valence-corrected chi connectivity index (χ3v) is 6.73. The van der Waals surface area contributed by atoms with Crippen molar-refractivity contribution in [1.82, 2.24) is 9.97 Å². The summed E-state index contributed by atoms with van der Waals surface area (Å²) in [5.41, 5.74) is 2.84. The summed E-state index contributed by atoms with van der Waals surface area (Å²) in [6, 6.07) is 16.3. The number of rotatable bonds is 6. The maximum Gasteiger partial charge on any atom is 0.302 e. The quantitative estimate of drug-likeness (QED) is 0.206. The average molecular weight is 533 g/mol. The molecule has 1 atom stereocenters. The van der Waals surface area contributed by atoms with E-state index in [1.54, 1.807) is 37.4 Å². The molecule has 0 radical (unpaired) electrons. The monoisotopic (exact) mass is 532 g/mol. The number of carbonyl (C=O) groups is 2. The second-order valence-corrected chi connectivity index (χ2v) is 9.38. The fourth-order valence-corrected chi connectivity index (χ4v) is 4.72. The van der Waals surface area contributed by atoms with Gasteiger partial charge in [-0.15, -0.1) is 0 Å². The molecule has 9 nitrogen and oxygen atoms in total. The minimum atomic E-state index is -0.975. The molecule has 1 aromatic heterocycles. The molecule has 0 aliphatic carbocycles. The Labute approximate surface area is 223 Å². The number of hydrogen-bond donors (Lipinski definition) is 2. The molecule has 1 aliphatic heterocycles. The Kier molecular flexibility index (Phi) is 6.46. The number of ketones is 1. The standard InChI is InChI=1S/C28H25ClN4O5/c1-32(2)17-8-5-15(6-9-17)24-23(25(34)19-13-16(29)7-12-22(19)38-4)26(35)27(36)33(24)28-30-20-11-10-18(37-3)14-21(20)31-28/h5-14,24,34H,1-4H3,(H,30,31)/b25-23+. The molecule has 0 spiro atoms. The number of fused-ring (bicyclic) bond motifs is 1. The van der Waals surface area contributed by atoms with Crippen molar-refractivity contribution < 1.29 is 24.2 Å². The lowest BCUT2D eigenvalue weighted by Gasteiger charge is -2.24. The molecular weight excluding hydrogens is 508 g/mol. The van der Waals surface area contributed by atoms with Gasteiger partial charge in [0.05, 0.1) is 42.4 Å². The second kappa shape index (κ2) is 9.75. The summed E-state index contributed by atoms with van der Waals surface area (Å²) in [7, 11) is 6.82. The van der Waals surface area contributed by atoms with E-state index in [4.69, 9.17) is 21.1 Å². The summed E-state index contributed by atoms with van der Waals surface area (Å²) in [4.78, 5) is 37.9. The number of aliphatic hydroxyl groups is 1. The number of imidazole rings is 1. The number of aromatic amines is 1. The zero-order chi connectivity index (χ0) is 27.1. The van der Waals surface area contributed by atoms with Crippen LogP contribution in [0.5, 0.6) is 11.5 Å². The van der Waals surface area contributed by atoms with Gasteiger partial charge in [-0.05, 0) is 48.0 Å². The highest BCUT2D eigenvalue weighted by Crippen LogP contribution is 2.43. The summed E-state index contributed by atoms with van der Waals surface area (Å²) >= 11 is 6.20. The number of nitrogens with zero attached hydrogens (tertiary/aromatic N) is 3. The zero-order valence-corrected chi connectivity index (χ0v) is 21.9. The number of ether oxygens (including phenoxy) is 2. The van der Waals surface area contributed by atoms with E-state index in [9.17, 15) is 14.7 Å². The third-order valence-electron chi connectivity index (χ3n) is 6.49. The van der Waals surface area contributed by atoms with Crippen LogP contribution in [0, 0.1) is 0 Å². The Morgan fingerprint density at radius 3 is 2.42 bits per heavy atom. The van der Waals surface area contributed by atoms with Crippen LogP contribution >= 0.6 is 11.6 Å². The minimum absolute atomic E-state index is 0.105. The predicted molar refractivity (Wildman–Crippen MR) is 146 cm³/mol. The molecule has 1 aliphatic rings. The number of hydrogen-bond acceptors (Lipinski definition) is 7. The number of amides is 1. The van der Waals surface area contributed by atoms with Crippen molar-refractivity contribution in [2.24, 2.45) is 0 Å². The lowest BCUT2D eigenvalue weighted by molar-refractivity contribution is -0.132. The summed E-state index contributed by atoms with van der Waals surface area (Å²) in [6.45, 7) is 0. The molecule has 1 unspecified atom stereocenters. The molecule has 4 aromatic rings. The number of halogens is 1. The molecule has 194 valence electrons. The second-order valence-electron chi connectivity index (χ2n) is 8.94. The van der Waals surface area contributed by atoms with E-state index in [0.717, 1.165) is 5.69 Å². The number of aromatic nitrogens is 2. The van der Waals surface area contributed by atoms with E-state index in [0.29, 0.717) is 33.1 Å². The van der Waals surface area contributed by atoms with Crippen molar-refractivity contribution in [2.75, 3.05) is 38.1 Å². The van der Waals surface area contributed by atoms with Crippen LogP contribution in [0.25, 0.3) is 16.8 Å². The SMILES string of the molecule is COc1ccc2nc(N3C(=O)C(=O)/C(=C(/O)c4cc(Cl)ccc4OC)C3c3ccc(N(C)C)cc3)[nH]c2c1. The summed E-state index contributed by atoms with van der Waals surface area (Å²) in [6.07, 6.45) is 0. The Morgan fingerprint density at radius 2 is 1.76 bits per heavy atom. The van der Waals surface area contributed by atoms with Crippen LogP contribution in [-0.2, 0) is 9.59 Å². The van der Waals surface area contributed by atoms with Crippen LogP contribution in [0.1, 0.15) is 17.2 Å². The first kappa shape index (κ1) is 25.2. The van der Waals surface area contributed by atoms with Crippen molar-refractivity contribution in [3.05, 3.63) is 82.4 Å². The van der Waals surface area contributed by atoms with Crippen LogP contribution < -0.4 is 19.3 Å². The molecular formula is C28H25ClN4O5. The van der Waals surface area contributed by atoms with E-state index in [1.807, 2.05) is 43.3 Å². The minimum Gasteiger partial charge on any atom is -0.507 e. The molecule has 1 amide bonds. The van der Waals surface area contributed by atoms with Crippen molar-refractivity contribution in [1.29, 1.82) is 0 Å². The molecule has 3 aromatic carbocycles. The van der Waals surface area contributed by atoms with Crippen LogP contribution in [0.4, 0.5) is 11.6 Å². The smallest absolute Gasteiger partial charge is 0.302 e. The Morgan fingerprint density at radius 1 is 1.03 bits per heavy atom. The number of Topliss-reactive ketones (excluding diaryl/α,β-unsaturated/α-hetero) is 1. The molecule has 2 N–H and O–H groups in total. The Hall–Kier alpha value is -4.50. The van der Waals surface area contributed by atoms with Gasteiger partial charge in [0.2, 0.25) is 5.95 Å². The van der Waals surface area contributed by atoms with E-state index >= 15 is 0 Å². The first-order valence-corrected chi connectivity index (χ1v) is 12.1. The normalized spacial score (nSPS) is 16.8. The third kappa shape index (κ3) is 4.20. The van der Waals surface area contributed by atoms with Crippen molar-refractivity contribution in [3.63, 3.8) is 0 Å². The van der Waals surface area contributed by atoms with Gasteiger partial charge in [-0.1, -0.05) is 23.7 Å². The van der Waals surface area contributed by atoms with Crippen LogP contribution in [0.15, 0.2) is 66.2 Å². The molecule has 5 rings (SSSR count). The molecule has 0 bridgehead atoms. The fourth-order valence-electron chi connectivity index (χ4n) is 4.55. The highest BCUT2D eigenvalue weighted by atomic mass is 35.5. The van der Waals surface area contributed by atoms with Gasteiger partial charge >= 0.3 is 5.91 Å². The van der Waals surface area contributed by atoms with Crippen LogP contribution in [0.2, 0.25) is 5.02 Å². The summed E-state index contributed by atoms with van der Waals surface area (Å²) < 4.78 is 10.7. The number of carbonyl (C=O) groups excluding carboxylic acids is 2. The average Bonchev–Trinajstić information content (AvgIpc) is 3.45. The van der Waals surface area contributed by atoms with Crippen LogP contribution in [0.3, 0.4) is 0 Å². The maximum atomic E-state index is 13.5. The van der Waals surface area contributed by atoms with Crippen LogP contribution in [-0.4, -0.2) is 55.1 Å². The fraction of sp³-hybridized carbons (Fsp3) is 0.179. The highest BCUT2D eigenvalue weighted by molar-refractivity contribution is 6.51. The number of nitrogens with one attached hydrogen (secondary N) is 1. The molecule has 0 saturated carbocycles. The van der Waals surface area contributed by atoms with Gasteiger partial charge in [0, 0.05) is 30.9 Å². The van der Waals surface area contributed by atoms with Gasteiger partial charge in [0.25, 0.3) is 5.78 Å².